The molecule has 1 spiro atoms. The average molecular weight is 210 g/mol. The Bertz CT molecular complexity index is 244. The van der Waals surface area contributed by atoms with Gasteiger partial charge in [-0.25, -0.2) is 0 Å². The van der Waals surface area contributed by atoms with Crippen molar-refractivity contribution < 1.29 is 4.79 Å². The summed E-state index contributed by atoms with van der Waals surface area (Å²) >= 11 is 0. The van der Waals surface area contributed by atoms with Crippen molar-refractivity contribution in [1.82, 2.24) is 9.80 Å². The minimum absolute atomic E-state index is 0.329. The summed E-state index contributed by atoms with van der Waals surface area (Å²) in [6.07, 6.45) is 4.46. The lowest BCUT2D eigenvalue weighted by Crippen LogP contribution is -2.41. The van der Waals surface area contributed by atoms with Gasteiger partial charge in [0.15, 0.2) is 0 Å². The van der Waals surface area contributed by atoms with Crippen LogP contribution in [0, 0.1) is 5.41 Å². The number of piperidine rings is 1. The number of rotatable bonds is 2. The first-order valence-corrected chi connectivity index (χ1v) is 6.11. The van der Waals surface area contributed by atoms with Gasteiger partial charge in [0.1, 0.15) is 0 Å². The van der Waals surface area contributed by atoms with E-state index >= 15 is 0 Å². The zero-order valence-electron chi connectivity index (χ0n) is 9.96. The van der Waals surface area contributed by atoms with Crippen molar-refractivity contribution in [2.45, 2.75) is 32.6 Å². The summed E-state index contributed by atoms with van der Waals surface area (Å²) in [5, 5.41) is 0. The molecule has 0 saturated carbocycles. The molecule has 0 atom stereocenters. The smallest absolute Gasteiger partial charge is 0.222 e. The lowest BCUT2D eigenvalue weighted by molar-refractivity contribution is -0.126. The maximum absolute atomic E-state index is 11.6. The Hall–Kier alpha value is -0.570. The Balaban J connectivity index is 1.90. The summed E-state index contributed by atoms with van der Waals surface area (Å²) in [4.78, 5) is 16.0. The monoisotopic (exact) mass is 210 g/mol. The minimum Gasteiger partial charge on any atom is -0.345 e. The molecule has 0 bridgehead atoms. The van der Waals surface area contributed by atoms with E-state index in [1.807, 2.05) is 11.9 Å². The first kappa shape index (κ1) is 10.9. The van der Waals surface area contributed by atoms with Crippen LogP contribution >= 0.6 is 0 Å². The van der Waals surface area contributed by atoms with Crippen molar-refractivity contribution in [3.05, 3.63) is 0 Å². The second kappa shape index (κ2) is 4.12. The van der Waals surface area contributed by atoms with E-state index in [1.165, 1.54) is 38.9 Å². The summed E-state index contributed by atoms with van der Waals surface area (Å²) in [6, 6.07) is 0. The fourth-order valence-electron chi connectivity index (χ4n) is 3.01. The molecule has 15 heavy (non-hydrogen) atoms. The molecule has 2 aliphatic heterocycles. The second-order valence-corrected chi connectivity index (χ2v) is 5.27. The Labute approximate surface area is 92.4 Å². The lowest BCUT2D eigenvalue weighted by Gasteiger charge is -2.38. The van der Waals surface area contributed by atoms with Gasteiger partial charge in [-0.2, -0.15) is 0 Å². The van der Waals surface area contributed by atoms with Crippen LogP contribution in [0.3, 0.4) is 0 Å². The van der Waals surface area contributed by atoms with E-state index in [2.05, 4.69) is 11.8 Å². The highest BCUT2D eigenvalue weighted by molar-refractivity contribution is 5.79. The topological polar surface area (TPSA) is 23.6 Å². The van der Waals surface area contributed by atoms with Gasteiger partial charge in [0.25, 0.3) is 0 Å². The third-order valence-electron chi connectivity index (χ3n) is 3.98. The van der Waals surface area contributed by atoms with Crippen LogP contribution in [0.1, 0.15) is 32.6 Å². The fourth-order valence-corrected chi connectivity index (χ4v) is 3.01. The average Bonchev–Trinajstić information content (AvgIpc) is 2.47. The van der Waals surface area contributed by atoms with E-state index in [0.717, 1.165) is 13.0 Å². The normalized spacial score (nSPS) is 26.5. The predicted octanol–water partition coefficient (Wildman–Crippen LogP) is 1.34. The number of nitrogens with zero attached hydrogens (tertiary/aromatic N) is 2. The van der Waals surface area contributed by atoms with Crippen molar-refractivity contribution in [3.8, 4) is 0 Å². The summed E-state index contributed by atoms with van der Waals surface area (Å²) in [5.74, 6) is 0.346. The van der Waals surface area contributed by atoms with Crippen LogP contribution < -0.4 is 0 Å². The van der Waals surface area contributed by atoms with Crippen LogP contribution in [-0.4, -0.2) is 48.9 Å². The third-order valence-corrected chi connectivity index (χ3v) is 3.98. The maximum atomic E-state index is 11.6. The van der Waals surface area contributed by atoms with Gasteiger partial charge in [-0.15, -0.1) is 0 Å². The molecule has 3 heteroatoms. The van der Waals surface area contributed by atoms with E-state index in [9.17, 15) is 4.79 Å². The summed E-state index contributed by atoms with van der Waals surface area (Å²) in [5.41, 5.74) is 0.329. The summed E-state index contributed by atoms with van der Waals surface area (Å²) < 4.78 is 0. The van der Waals surface area contributed by atoms with Crippen LogP contribution in [0.25, 0.3) is 0 Å². The first-order chi connectivity index (χ1) is 7.15. The van der Waals surface area contributed by atoms with Gasteiger partial charge in [0.05, 0.1) is 0 Å². The van der Waals surface area contributed by atoms with Crippen LogP contribution in [-0.2, 0) is 4.79 Å². The molecule has 86 valence electrons. The number of amides is 1. The molecule has 0 aromatic rings. The molecular formula is C12H22N2O. The van der Waals surface area contributed by atoms with Gasteiger partial charge < -0.3 is 9.80 Å². The lowest BCUT2D eigenvalue weighted by atomic mass is 9.77. The summed E-state index contributed by atoms with van der Waals surface area (Å²) in [7, 11) is 1.94. The van der Waals surface area contributed by atoms with E-state index in [1.54, 1.807) is 0 Å². The van der Waals surface area contributed by atoms with Crippen LogP contribution in [0.2, 0.25) is 0 Å². The maximum Gasteiger partial charge on any atom is 0.222 e. The van der Waals surface area contributed by atoms with Gasteiger partial charge in [-0.1, -0.05) is 6.92 Å². The molecule has 0 aliphatic carbocycles. The van der Waals surface area contributed by atoms with Crippen molar-refractivity contribution in [2.24, 2.45) is 5.41 Å². The predicted molar refractivity (Wildman–Crippen MR) is 60.7 cm³/mol. The van der Waals surface area contributed by atoms with E-state index in [4.69, 9.17) is 0 Å². The third kappa shape index (κ3) is 2.17. The molecule has 0 aromatic carbocycles. The molecule has 2 fully saturated rings. The highest BCUT2D eigenvalue weighted by atomic mass is 16.2. The largest absolute Gasteiger partial charge is 0.345 e. The molecule has 2 saturated heterocycles. The van der Waals surface area contributed by atoms with E-state index < -0.39 is 0 Å². The zero-order valence-corrected chi connectivity index (χ0v) is 9.96. The van der Waals surface area contributed by atoms with Crippen LogP contribution in [0.5, 0.6) is 0 Å². The molecule has 0 N–H and O–H groups in total. The van der Waals surface area contributed by atoms with Crippen LogP contribution in [0.4, 0.5) is 0 Å². The number of hydrogen-bond acceptors (Lipinski definition) is 2. The zero-order chi connectivity index (χ0) is 10.9. The van der Waals surface area contributed by atoms with Gasteiger partial charge in [-0.05, 0) is 44.3 Å². The first-order valence-electron chi connectivity index (χ1n) is 6.11. The molecule has 2 rings (SSSR count). The van der Waals surface area contributed by atoms with Crippen LogP contribution in [0.15, 0.2) is 0 Å². The van der Waals surface area contributed by atoms with Crippen molar-refractivity contribution in [1.29, 1.82) is 0 Å². The molecule has 3 nitrogen and oxygen atoms in total. The van der Waals surface area contributed by atoms with Gasteiger partial charge in [0, 0.05) is 20.0 Å². The standard InChI is InChI=1S/C12H22N2O/c1-3-6-14-7-4-12(5-8-14)9-11(15)13(2)10-12/h3-10H2,1-2H3. The summed E-state index contributed by atoms with van der Waals surface area (Å²) in [6.45, 7) is 6.83. The Morgan fingerprint density at radius 2 is 2.00 bits per heavy atom. The number of carbonyl (C=O) groups is 1. The molecule has 0 aromatic heterocycles. The van der Waals surface area contributed by atoms with E-state index in [0.29, 0.717) is 11.3 Å². The van der Waals surface area contributed by atoms with Gasteiger partial charge in [-0.3, -0.25) is 4.79 Å². The molecule has 2 heterocycles. The highest BCUT2D eigenvalue weighted by Crippen LogP contribution is 2.40. The molecular weight excluding hydrogens is 188 g/mol. The van der Waals surface area contributed by atoms with Crippen molar-refractivity contribution in [3.63, 3.8) is 0 Å². The Morgan fingerprint density at radius 3 is 2.47 bits per heavy atom. The highest BCUT2D eigenvalue weighted by Gasteiger charge is 2.43. The molecule has 0 radical (unpaired) electrons. The SMILES string of the molecule is CCCN1CCC2(CC1)CC(=O)N(C)C2. The quantitative estimate of drug-likeness (QED) is 0.686. The molecule has 0 unspecified atom stereocenters. The van der Waals surface area contributed by atoms with E-state index in [-0.39, 0.29) is 0 Å². The van der Waals surface area contributed by atoms with Gasteiger partial charge in [0.2, 0.25) is 5.91 Å². The second-order valence-electron chi connectivity index (χ2n) is 5.27. The fraction of sp³-hybridized carbons (Fsp3) is 0.917. The molecule has 1 amide bonds. The Kier molecular flexibility index (Phi) is 3.01. The van der Waals surface area contributed by atoms with Gasteiger partial charge >= 0.3 is 0 Å². The minimum atomic E-state index is 0.329. The van der Waals surface area contributed by atoms with Crippen molar-refractivity contribution in [2.75, 3.05) is 33.2 Å². The number of hydrogen-bond donors (Lipinski definition) is 0. The van der Waals surface area contributed by atoms with Crippen molar-refractivity contribution >= 4 is 5.91 Å². The number of likely N-dealkylation sites (tertiary alicyclic amines) is 2. The number of carbonyl (C=O) groups excluding carboxylic acids is 1. The Morgan fingerprint density at radius 1 is 1.33 bits per heavy atom. The molecule has 2 aliphatic rings.